The minimum absolute atomic E-state index is 0.0169. The van der Waals surface area contributed by atoms with Crippen LogP contribution in [0.3, 0.4) is 0 Å². The van der Waals surface area contributed by atoms with Crippen LogP contribution in [0.15, 0.2) is 69.2 Å². The van der Waals surface area contributed by atoms with Crippen molar-refractivity contribution >= 4 is 39.2 Å². The standard InChI is InChI=1S/C26H25BrN2O5/c1-5-33-18-12-8-15(9-13-18)22-21(23(30)16-6-10-17(27)11-7-16)24(31)25(32)29(22)20-14-19(34-28-20)26(2,3)4/h6-14,22,30H,5H2,1-4H3/t22-/m0/s1. The highest BCUT2D eigenvalue weighted by Crippen LogP contribution is 2.43. The largest absolute Gasteiger partial charge is 0.507 e. The van der Waals surface area contributed by atoms with Gasteiger partial charge in [-0.1, -0.05) is 66.1 Å². The molecule has 1 aromatic heterocycles. The highest BCUT2D eigenvalue weighted by atomic mass is 79.9. The van der Waals surface area contributed by atoms with Crippen molar-refractivity contribution in [1.29, 1.82) is 0 Å². The average Bonchev–Trinajstić information content (AvgIpc) is 3.38. The third-order valence-electron chi connectivity index (χ3n) is 5.55. The zero-order valence-electron chi connectivity index (χ0n) is 19.3. The smallest absolute Gasteiger partial charge is 0.301 e. The molecule has 7 nitrogen and oxygen atoms in total. The monoisotopic (exact) mass is 524 g/mol. The van der Waals surface area contributed by atoms with Crippen LogP contribution < -0.4 is 9.64 Å². The van der Waals surface area contributed by atoms with E-state index in [0.29, 0.717) is 29.2 Å². The summed E-state index contributed by atoms with van der Waals surface area (Å²) in [4.78, 5) is 27.7. The van der Waals surface area contributed by atoms with Crippen molar-refractivity contribution in [3.8, 4) is 5.75 Å². The number of Topliss-reactive ketones (excluding diaryl/α,β-unsaturated/α-hetero) is 1. The van der Waals surface area contributed by atoms with Gasteiger partial charge < -0.3 is 14.4 Å². The molecule has 0 spiro atoms. The number of anilines is 1. The molecule has 1 amide bonds. The normalized spacial score (nSPS) is 17.9. The number of amides is 1. The Kier molecular flexibility index (Phi) is 6.36. The maximum absolute atomic E-state index is 13.2. The maximum Gasteiger partial charge on any atom is 0.301 e. The first kappa shape index (κ1) is 23.8. The number of aliphatic hydroxyl groups excluding tert-OH is 1. The van der Waals surface area contributed by atoms with E-state index in [4.69, 9.17) is 9.26 Å². The molecule has 2 heterocycles. The molecule has 8 heteroatoms. The van der Waals surface area contributed by atoms with Gasteiger partial charge in [0.05, 0.1) is 18.2 Å². The predicted octanol–water partition coefficient (Wildman–Crippen LogP) is 5.76. The van der Waals surface area contributed by atoms with Crippen LogP contribution >= 0.6 is 15.9 Å². The van der Waals surface area contributed by atoms with Gasteiger partial charge in [0.25, 0.3) is 5.78 Å². The Morgan fingerprint density at radius 3 is 2.32 bits per heavy atom. The molecular formula is C26H25BrN2O5. The molecule has 1 fully saturated rings. The number of rotatable bonds is 5. The lowest BCUT2D eigenvalue weighted by Crippen LogP contribution is -2.29. The zero-order chi connectivity index (χ0) is 24.6. The number of carbonyl (C=O) groups excluding carboxylic acids is 2. The molecule has 1 aliphatic rings. The summed E-state index contributed by atoms with van der Waals surface area (Å²) in [5, 5.41) is 15.3. The molecule has 0 radical (unpaired) electrons. The highest BCUT2D eigenvalue weighted by Gasteiger charge is 2.48. The van der Waals surface area contributed by atoms with E-state index in [1.165, 1.54) is 4.90 Å². The SMILES string of the molecule is CCOc1ccc([C@H]2C(=C(O)c3ccc(Br)cc3)C(=O)C(=O)N2c2cc(C(C)(C)C)on2)cc1. The number of halogens is 1. The van der Waals surface area contributed by atoms with Gasteiger partial charge >= 0.3 is 5.91 Å². The fourth-order valence-electron chi connectivity index (χ4n) is 3.79. The minimum Gasteiger partial charge on any atom is -0.507 e. The fraction of sp³-hybridized carbons (Fsp3) is 0.269. The molecule has 0 unspecified atom stereocenters. The third kappa shape index (κ3) is 4.37. The summed E-state index contributed by atoms with van der Waals surface area (Å²) in [5.74, 6) is -0.395. The summed E-state index contributed by atoms with van der Waals surface area (Å²) in [7, 11) is 0. The van der Waals surface area contributed by atoms with Gasteiger partial charge in [0.15, 0.2) is 5.82 Å². The van der Waals surface area contributed by atoms with Crippen molar-refractivity contribution in [2.24, 2.45) is 0 Å². The summed E-state index contributed by atoms with van der Waals surface area (Å²) < 4.78 is 11.9. The summed E-state index contributed by atoms with van der Waals surface area (Å²) in [6.45, 7) is 8.28. The van der Waals surface area contributed by atoms with Gasteiger partial charge in [-0.05, 0) is 36.8 Å². The van der Waals surface area contributed by atoms with E-state index in [9.17, 15) is 14.7 Å². The molecule has 1 atom stereocenters. The fourth-order valence-corrected chi connectivity index (χ4v) is 4.06. The number of hydrogen-bond donors (Lipinski definition) is 1. The summed E-state index contributed by atoms with van der Waals surface area (Å²) in [6, 6.07) is 14.7. The molecule has 34 heavy (non-hydrogen) atoms. The molecule has 1 aliphatic heterocycles. The Bertz CT molecular complexity index is 1250. The van der Waals surface area contributed by atoms with E-state index >= 15 is 0 Å². The van der Waals surface area contributed by atoms with E-state index in [2.05, 4.69) is 21.1 Å². The van der Waals surface area contributed by atoms with Crippen LogP contribution in [0.25, 0.3) is 5.76 Å². The first-order valence-electron chi connectivity index (χ1n) is 10.9. The highest BCUT2D eigenvalue weighted by molar-refractivity contribution is 9.10. The first-order chi connectivity index (χ1) is 16.1. The van der Waals surface area contributed by atoms with Crippen molar-refractivity contribution in [1.82, 2.24) is 5.16 Å². The molecular weight excluding hydrogens is 500 g/mol. The summed E-state index contributed by atoms with van der Waals surface area (Å²) >= 11 is 3.37. The third-order valence-corrected chi connectivity index (χ3v) is 6.08. The van der Waals surface area contributed by atoms with Crippen molar-refractivity contribution in [3.63, 3.8) is 0 Å². The van der Waals surface area contributed by atoms with Crippen molar-refractivity contribution < 1.29 is 24.0 Å². The Morgan fingerprint density at radius 1 is 1.12 bits per heavy atom. The van der Waals surface area contributed by atoms with E-state index in [-0.39, 0.29) is 22.6 Å². The Hall–Kier alpha value is -3.39. The van der Waals surface area contributed by atoms with Gasteiger partial charge in [-0.25, -0.2) is 0 Å². The molecule has 2 aromatic carbocycles. The van der Waals surface area contributed by atoms with Crippen LogP contribution in [0.4, 0.5) is 5.82 Å². The van der Waals surface area contributed by atoms with Crippen LogP contribution in [0.5, 0.6) is 5.75 Å². The van der Waals surface area contributed by atoms with Crippen LogP contribution in [0.1, 0.15) is 50.6 Å². The topological polar surface area (TPSA) is 92.9 Å². The van der Waals surface area contributed by atoms with Crippen LogP contribution in [0, 0.1) is 0 Å². The van der Waals surface area contributed by atoms with Crippen molar-refractivity contribution in [3.05, 3.63) is 81.5 Å². The van der Waals surface area contributed by atoms with E-state index in [1.54, 1.807) is 54.6 Å². The average molecular weight is 525 g/mol. The number of ketones is 1. The number of aliphatic hydroxyl groups is 1. The van der Waals surface area contributed by atoms with Crippen LogP contribution in [-0.2, 0) is 15.0 Å². The van der Waals surface area contributed by atoms with Gasteiger partial charge in [-0.3, -0.25) is 14.5 Å². The lowest BCUT2D eigenvalue weighted by atomic mass is 9.93. The predicted molar refractivity (Wildman–Crippen MR) is 132 cm³/mol. The summed E-state index contributed by atoms with van der Waals surface area (Å²) in [5.41, 5.74) is 0.691. The van der Waals surface area contributed by atoms with Crippen molar-refractivity contribution in [2.75, 3.05) is 11.5 Å². The van der Waals surface area contributed by atoms with E-state index in [1.807, 2.05) is 27.7 Å². The van der Waals surface area contributed by atoms with Crippen LogP contribution in [-0.4, -0.2) is 28.6 Å². The second-order valence-electron chi connectivity index (χ2n) is 8.98. The number of hydrogen-bond acceptors (Lipinski definition) is 6. The quantitative estimate of drug-likeness (QED) is 0.259. The van der Waals surface area contributed by atoms with Crippen LogP contribution in [0.2, 0.25) is 0 Å². The number of nitrogens with zero attached hydrogens (tertiary/aromatic N) is 2. The van der Waals surface area contributed by atoms with E-state index in [0.717, 1.165) is 4.47 Å². The molecule has 176 valence electrons. The zero-order valence-corrected chi connectivity index (χ0v) is 20.9. The number of benzene rings is 2. The number of carbonyl (C=O) groups is 2. The van der Waals surface area contributed by atoms with Gasteiger partial charge in [-0.2, -0.15) is 0 Å². The molecule has 0 saturated carbocycles. The van der Waals surface area contributed by atoms with Gasteiger partial charge in [0, 0.05) is 21.5 Å². The first-order valence-corrected chi connectivity index (χ1v) is 11.7. The Balaban J connectivity index is 1.89. The van der Waals surface area contributed by atoms with Gasteiger partial charge in [-0.15, -0.1) is 0 Å². The number of aromatic nitrogens is 1. The summed E-state index contributed by atoms with van der Waals surface area (Å²) in [6.07, 6.45) is 0. The molecule has 1 saturated heterocycles. The molecule has 4 rings (SSSR count). The molecule has 0 aliphatic carbocycles. The Labute approximate surface area is 206 Å². The van der Waals surface area contributed by atoms with Gasteiger partial charge in [0.2, 0.25) is 0 Å². The molecule has 0 bridgehead atoms. The lowest BCUT2D eigenvalue weighted by Gasteiger charge is -2.23. The van der Waals surface area contributed by atoms with Crippen molar-refractivity contribution in [2.45, 2.75) is 39.2 Å². The van der Waals surface area contributed by atoms with E-state index < -0.39 is 17.7 Å². The number of ether oxygens (including phenoxy) is 1. The second-order valence-corrected chi connectivity index (χ2v) is 9.89. The lowest BCUT2D eigenvalue weighted by molar-refractivity contribution is -0.132. The maximum atomic E-state index is 13.2. The molecule has 1 N–H and O–H groups in total. The Morgan fingerprint density at radius 2 is 1.76 bits per heavy atom. The second kappa shape index (κ2) is 9.10. The molecule has 3 aromatic rings. The van der Waals surface area contributed by atoms with Gasteiger partial charge in [0.1, 0.15) is 17.3 Å². The minimum atomic E-state index is -0.891.